The number of methoxy groups -OCH3 is 1. The number of aromatic amines is 2. The summed E-state index contributed by atoms with van der Waals surface area (Å²) in [6.45, 7) is 23.4. The molecule has 6 aromatic rings. The Bertz CT molecular complexity index is 2920. The van der Waals surface area contributed by atoms with Crippen molar-refractivity contribution in [3.8, 4) is 0 Å². The lowest BCUT2D eigenvalue weighted by Gasteiger charge is -2.06. The summed E-state index contributed by atoms with van der Waals surface area (Å²) in [4.78, 5) is 79.1. The van der Waals surface area contributed by atoms with Crippen LogP contribution in [0.25, 0.3) is 9.69 Å². The van der Waals surface area contributed by atoms with E-state index in [4.69, 9.17) is 36.3 Å². The van der Waals surface area contributed by atoms with E-state index in [9.17, 15) is 28.8 Å². The van der Waals surface area contributed by atoms with Crippen molar-refractivity contribution in [3.63, 3.8) is 0 Å². The molecule has 0 aliphatic rings. The maximum atomic E-state index is 13.0. The number of nitrogens with one attached hydrogen (secondary N) is 2. The Balaban J connectivity index is 0.000000230. The molecular weight excluding hydrogens is 884 g/mol. The Morgan fingerprint density at radius 3 is 1.60 bits per heavy atom. The van der Waals surface area contributed by atoms with Gasteiger partial charge in [-0.2, -0.15) is 9.36 Å². The number of benzene rings is 2. The van der Waals surface area contributed by atoms with Gasteiger partial charge in [0.2, 0.25) is 0 Å². The smallest absolute Gasteiger partial charge is 0.346 e. The fourth-order valence-corrected chi connectivity index (χ4v) is 7.65. The summed E-state index contributed by atoms with van der Waals surface area (Å²) in [5.41, 5.74) is 0.421. The van der Waals surface area contributed by atoms with Crippen molar-refractivity contribution in [1.82, 2.24) is 48.3 Å². The fraction of sp³-hybridized carbons (Fsp3) is 0.333. The molecule has 23 heteroatoms. The van der Waals surface area contributed by atoms with Crippen LogP contribution in [0.15, 0.2) is 72.0 Å². The van der Waals surface area contributed by atoms with E-state index >= 15 is 0 Å². The first kappa shape index (κ1) is 48.4. The first-order chi connectivity index (χ1) is 29.6. The number of carbonyl (C=O) groups is 2. The van der Waals surface area contributed by atoms with Crippen LogP contribution in [0.3, 0.4) is 0 Å². The molecule has 0 spiro atoms. The molecule has 0 unspecified atom stereocenters. The Hall–Kier alpha value is -6.26. The minimum atomic E-state index is -0.602. The molecule has 0 radical (unpaired) electrons. The van der Waals surface area contributed by atoms with Crippen LogP contribution in [0.1, 0.15) is 65.1 Å². The number of H-pyrrole nitrogens is 2. The summed E-state index contributed by atoms with van der Waals surface area (Å²) in [7, 11) is 1.31. The molecule has 0 aliphatic carbocycles. The fourth-order valence-electron chi connectivity index (χ4n) is 5.92. The Morgan fingerprint density at radius 1 is 0.710 bits per heavy atom. The summed E-state index contributed by atoms with van der Waals surface area (Å²) < 4.78 is 13.1. The predicted octanol–water partition coefficient (Wildman–Crippen LogP) is 5.80. The third-order valence-electron chi connectivity index (χ3n) is 8.84. The number of thioether (sulfide) groups is 2. The lowest BCUT2D eigenvalue weighted by atomic mass is 10.0. The van der Waals surface area contributed by atoms with Crippen molar-refractivity contribution in [2.75, 3.05) is 19.6 Å². The molecule has 6 rings (SSSR count). The van der Waals surface area contributed by atoms with Gasteiger partial charge in [0.15, 0.2) is 16.1 Å². The van der Waals surface area contributed by atoms with E-state index in [1.165, 1.54) is 67.6 Å². The zero-order chi connectivity index (χ0) is 45.8. The Morgan fingerprint density at radius 2 is 1.21 bits per heavy atom. The van der Waals surface area contributed by atoms with Crippen molar-refractivity contribution < 1.29 is 14.3 Å². The normalized spacial score (nSPS) is 10.6. The number of halogens is 2. The van der Waals surface area contributed by atoms with Gasteiger partial charge in [0, 0.05) is 34.8 Å². The van der Waals surface area contributed by atoms with Crippen LogP contribution < -0.4 is 22.5 Å². The molecule has 19 nitrogen and oxygen atoms in total. The molecule has 0 amide bonds. The Labute approximate surface area is 372 Å². The van der Waals surface area contributed by atoms with E-state index in [1.54, 1.807) is 40.3 Å². The molecular formula is C39H42Cl2N12O7S2. The van der Waals surface area contributed by atoms with Crippen LogP contribution in [0, 0.1) is 13.1 Å². The molecule has 2 N–H and O–H groups in total. The number of aryl methyl sites for hydroxylation is 2. The van der Waals surface area contributed by atoms with Gasteiger partial charge in [-0.3, -0.25) is 23.5 Å². The van der Waals surface area contributed by atoms with Gasteiger partial charge < -0.3 is 14.4 Å². The van der Waals surface area contributed by atoms with E-state index in [2.05, 4.69) is 34.8 Å². The van der Waals surface area contributed by atoms with Gasteiger partial charge in [-0.15, -0.1) is 10.2 Å². The van der Waals surface area contributed by atoms with Crippen molar-refractivity contribution in [2.24, 2.45) is 0 Å². The van der Waals surface area contributed by atoms with Crippen LogP contribution >= 0.6 is 46.7 Å². The average Bonchev–Trinajstić information content (AvgIpc) is 3.99. The van der Waals surface area contributed by atoms with Gasteiger partial charge in [0.25, 0.3) is 22.8 Å². The summed E-state index contributed by atoms with van der Waals surface area (Å²) >= 11 is 15.0. The SMILES string of the molecule is CCn1c(SC)nn(Cc2cc(Cl)cc(C(=O)OC)c2)c1=O.[C-]#[N+]c1[nH]n(CC)c(=O)c1C(=O)c1cc(Cl)cc(Cn2nc(SC)n(CC)c2=O)c1.[C-]#[N+]c1cc(=O)n(CC)[nH]1. The van der Waals surface area contributed by atoms with E-state index in [0.29, 0.717) is 64.0 Å². The lowest BCUT2D eigenvalue weighted by Crippen LogP contribution is -2.25. The maximum Gasteiger partial charge on any atom is 0.346 e. The highest BCUT2D eigenvalue weighted by Crippen LogP contribution is 2.22. The quantitative estimate of drug-likeness (QED) is 0.0613. The summed E-state index contributed by atoms with van der Waals surface area (Å²) in [5.74, 6) is -0.892. The third-order valence-corrected chi connectivity index (χ3v) is 10.6. The molecule has 62 heavy (non-hydrogen) atoms. The molecule has 4 aromatic heterocycles. The van der Waals surface area contributed by atoms with Crippen LogP contribution in [-0.2, 0) is 44.0 Å². The molecule has 0 atom stereocenters. The summed E-state index contributed by atoms with van der Waals surface area (Å²) in [5, 5.41) is 15.8. The number of ketones is 1. The maximum absolute atomic E-state index is 13.0. The van der Waals surface area contributed by atoms with Gasteiger partial charge in [-0.05, 0) is 87.7 Å². The Kier molecular flexibility index (Phi) is 17.2. The summed E-state index contributed by atoms with van der Waals surface area (Å²) in [6, 6.07) is 10.8. The van der Waals surface area contributed by atoms with Gasteiger partial charge >= 0.3 is 17.3 Å². The topological polar surface area (TPSA) is 207 Å². The number of hydrogen-bond acceptors (Lipinski definition) is 11. The van der Waals surface area contributed by atoms with Gasteiger partial charge in [0.05, 0.1) is 38.9 Å². The zero-order valence-corrected chi connectivity index (χ0v) is 37.8. The number of carbonyl (C=O) groups excluding carboxylic acids is 2. The van der Waals surface area contributed by atoms with Crippen LogP contribution in [0.2, 0.25) is 10.0 Å². The van der Waals surface area contributed by atoms with E-state index in [0.717, 1.165) is 0 Å². The number of hydrogen-bond donors (Lipinski definition) is 2. The highest BCUT2D eigenvalue weighted by molar-refractivity contribution is 7.98. The van der Waals surface area contributed by atoms with Crippen LogP contribution in [0.5, 0.6) is 0 Å². The monoisotopic (exact) mass is 924 g/mol. The molecule has 0 aliphatic heterocycles. The zero-order valence-electron chi connectivity index (χ0n) is 34.7. The molecule has 0 saturated heterocycles. The number of esters is 1. The first-order valence-corrected chi connectivity index (χ1v) is 21.8. The average molecular weight is 926 g/mol. The number of rotatable bonds is 13. The summed E-state index contributed by atoms with van der Waals surface area (Å²) in [6.07, 6.45) is 3.70. The molecule has 0 fully saturated rings. The second-order valence-corrected chi connectivity index (χ2v) is 15.1. The van der Waals surface area contributed by atoms with Crippen LogP contribution in [-0.4, -0.2) is 79.6 Å². The predicted molar refractivity (Wildman–Crippen MR) is 238 cm³/mol. The largest absolute Gasteiger partial charge is 0.465 e. The molecule has 2 aromatic carbocycles. The second kappa shape index (κ2) is 22.0. The van der Waals surface area contributed by atoms with E-state index in [-0.39, 0.29) is 52.0 Å². The van der Waals surface area contributed by atoms with Gasteiger partial charge in [0.1, 0.15) is 5.56 Å². The van der Waals surface area contributed by atoms with Crippen molar-refractivity contribution in [1.29, 1.82) is 0 Å². The highest BCUT2D eigenvalue weighted by Gasteiger charge is 2.24. The van der Waals surface area contributed by atoms with E-state index < -0.39 is 17.3 Å². The number of aromatic nitrogens is 10. The lowest BCUT2D eigenvalue weighted by molar-refractivity contribution is 0.0600. The third kappa shape index (κ3) is 11.2. The highest BCUT2D eigenvalue weighted by atomic mass is 35.5. The van der Waals surface area contributed by atoms with Crippen molar-refractivity contribution in [3.05, 3.63) is 145 Å². The van der Waals surface area contributed by atoms with E-state index in [1.807, 2.05) is 33.3 Å². The molecule has 326 valence electrons. The van der Waals surface area contributed by atoms with Gasteiger partial charge in [-0.1, -0.05) is 59.9 Å². The second-order valence-electron chi connectivity index (χ2n) is 12.7. The van der Waals surface area contributed by atoms with Gasteiger partial charge in [-0.25, -0.2) is 33.9 Å². The number of nitrogens with zero attached hydrogens (tertiary/aromatic N) is 10. The molecule has 0 bridgehead atoms. The van der Waals surface area contributed by atoms with Crippen molar-refractivity contribution in [2.45, 2.75) is 77.3 Å². The van der Waals surface area contributed by atoms with Crippen LogP contribution in [0.4, 0.5) is 11.6 Å². The molecule has 4 heterocycles. The first-order valence-electron chi connectivity index (χ1n) is 18.6. The minimum Gasteiger partial charge on any atom is -0.465 e. The minimum absolute atomic E-state index is 0.113. The molecule has 0 saturated carbocycles. The number of ether oxygens (including phenoxy) is 1. The van der Waals surface area contributed by atoms with Crippen molar-refractivity contribution >= 4 is 70.1 Å². The standard InChI is InChI=1S/C19H19ClN6O3S.C14H16ClN3O3S.C6H7N3O/c1-5-24-18(30-4)23-26(19(24)29)10-11-7-12(9-13(20)8-11)15(27)14-16(21-3)22-25(6-2)17(14)28;1-4-17-13(22-3)16-18(14(17)20)8-9-5-10(12(19)21-2)7-11(15)6-9;1-3-9-6(10)4-5(7-2)8-9/h7-9,22H,5-6,10H2,1-2,4H3;5-7H,4,8H2,1-3H3;4,8H,3H2,1H3.